The highest BCUT2D eigenvalue weighted by Crippen LogP contribution is 2.33. The second-order valence-electron chi connectivity index (χ2n) is 7.27. The lowest BCUT2D eigenvalue weighted by atomic mass is 10.1. The van der Waals surface area contributed by atoms with Crippen molar-refractivity contribution >= 4 is 39.1 Å². The summed E-state index contributed by atoms with van der Waals surface area (Å²) in [4.78, 5) is 27.0. The van der Waals surface area contributed by atoms with Crippen LogP contribution in [0.25, 0.3) is 0 Å². The number of likely N-dealkylation sites (N-methyl/N-ethyl adjacent to an activating group) is 1. The van der Waals surface area contributed by atoms with E-state index in [-0.39, 0.29) is 28.6 Å². The van der Waals surface area contributed by atoms with Gasteiger partial charge in [0.25, 0.3) is 0 Å². The van der Waals surface area contributed by atoms with Crippen molar-refractivity contribution in [3.8, 4) is 5.75 Å². The monoisotopic (exact) mass is 499 g/mol. The first-order chi connectivity index (χ1) is 15.5. The van der Waals surface area contributed by atoms with Crippen LogP contribution < -0.4 is 14.4 Å². The first-order valence-corrected chi connectivity index (χ1v) is 12.3. The lowest BCUT2D eigenvalue weighted by molar-refractivity contribution is -0.139. The molecule has 0 fully saturated rings. The van der Waals surface area contributed by atoms with Gasteiger partial charge in [0.2, 0.25) is 21.8 Å². The van der Waals surface area contributed by atoms with Crippen LogP contribution >= 0.6 is 11.6 Å². The summed E-state index contributed by atoms with van der Waals surface area (Å²) in [5.41, 5.74) is 0.255. The van der Waals surface area contributed by atoms with Gasteiger partial charge in [0.15, 0.2) is 0 Å². The number of benzene rings is 2. The molecule has 1 N–H and O–H groups in total. The molecule has 0 heterocycles. The lowest BCUT2D eigenvalue weighted by Gasteiger charge is -2.31. The van der Waals surface area contributed by atoms with Gasteiger partial charge >= 0.3 is 0 Å². The molecule has 0 saturated heterocycles. The van der Waals surface area contributed by atoms with Crippen LogP contribution in [-0.4, -0.2) is 57.6 Å². The topological polar surface area (TPSA) is 96.0 Å². The Labute approximate surface area is 198 Å². The van der Waals surface area contributed by atoms with Gasteiger partial charge in [0.1, 0.15) is 24.2 Å². The Kier molecular flexibility index (Phi) is 9.07. The molecule has 0 aliphatic rings. The summed E-state index contributed by atoms with van der Waals surface area (Å²) >= 11 is 6.05. The minimum absolute atomic E-state index is 0.0670. The van der Waals surface area contributed by atoms with E-state index in [1.165, 1.54) is 50.4 Å². The largest absolute Gasteiger partial charge is 0.495 e. The number of amides is 2. The van der Waals surface area contributed by atoms with Crippen LogP contribution in [0, 0.1) is 5.82 Å². The number of ether oxygens (including phenoxy) is 1. The Balaban J connectivity index is 2.47. The van der Waals surface area contributed by atoms with E-state index in [4.69, 9.17) is 16.3 Å². The molecule has 8 nitrogen and oxygen atoms in total. The van der Waals surface area contributed by atoms with Crippen LogP contribution in [0.15, 0.2) is 42.5 Å². The van der Waals surface area contributed by atoms with E-state index in [0.29, 0.717) is 6.54 Å². The highest BCUT2D eigenvalue weighted by Gasteiger charge is 2.31. The van der Waals surface area contributed by atoms with Crippen molar-refractivity contribution in [2.24, 2.45) is 0 Å². The lowest BCUT2D eigenvalue weighted by Crippen LogP contribution is -2.51. The van der Waals surface area contributed by atoms with Gasteiger partial charge in [-0.3, -0.25) is 13.9 Å². The minimum Gasteiger partial charge on any atom is -0.495 e. The molecule has 33 heavy (non-hydrogen) atoms. The maximum Gasteiger partial charge on any atom is 0.244 e. The molecule has 2 rings (SSSR count). The first-order valence-electron chi connectivity index (χ1n) is 10.1. The maximum absolute atomic E-state index is 14.3. The molecule has 0 aliphatic heterocycles. The summed E-state index contributed by atoms with van der Waals surface area (Å²) in [5, 5.41) is 2.87. The zero-order valence-electron chi connectivity index (χ0n) is 18.8. The van der Waals surface area contributed by atoms with Crippen molar-refractivity contribution in [1.82, 2.24) is 10.2 Å². The van der Waals surface area contributed by atoms with Crippen molar-refractivity contribution in [2.75, 3.05) is 30.8 Å². The molecule has 0 aromatic heterocycles. The molecular formula is C22H27ClFN3O5S. The molecule has 0 aliphatic carbocycles. The normalized spacial score (nSPS) is 12.1. The number of sulfonamides is 1. The Morgan fingerprint density at radius 1 is 1.21 bits per heavy atom. The van der Waals surface area contributed by atoms with Gasteiger partial charge in [-0.1, -0.05) is 29.8 Å². The van der Waals surface area contributed by atoms with Crippen LogP contribution in [0.3, 0.4) is 0 Å². The number of carbonyl (C=O) groups is 2. The maximum atomic E-state index is 14.3. The number of carbonyl (C=O) groups excluding carboxylic acids is 2. The molecule has 0 bridgehead atoms. The summed E-state index contributed by atoms with van der Waals surface area (Å²) in [7, 11) is -2.60. The summed E-state index contributed by atoms with van der Waals surface area (Å²) in [6.45, 7) is 2.68. The van der Waals surface area contributed by atoms with Gasteiger partial charge < -0.3 is 15.0 Å². The van der Waals surface area contributed by atoms with Gasteiger partial charge in [0, 0.05) is 23.7 Å². The van der Waals surface area contributed by atoms with E-state index >= 15 is 0 Å². The SMILES string of the molecule is CCNC(=O)[C@H](C)N(Cc1ccccc1F)C(=O)CN(c1cc(Cl)ccc1OC)S(C)(=O)=O. The summed E-state index contributed by atoms with van der Waals surface area (Å²) in [6, 6.07) is 9.24. The minimum atomic E-state index is -3.96. The van der Waals surface area contributed by atoms with Gasteiger partial charge in [-0.15, -0.1) is 0 Å². The van der Waals surface area contributed by atoms with Gasteiger partial charge in [-0.05, 0) is 38.1 Å². The number of anilines is 1. The Hall–Kier alpha value is -2.85. The van der Waals surface area contributed by atoms with Gasteiger partial charge in [-0.2, -0.15) is 0 Å². The molecule has 1 atom stereocenters. The standard InChI is InChI=1S/C22H27ClFN3O5S/c1-5-25-22(29)15(2)26(13-16-8-6-7-9-18(16)24)21(28)14-27(33(4,30)31)19-12-17(23)10-11-20(19)32-3/h6-12,15H,5,13-14H2,1-4H3,(H,25,29)/t15-/m0/s1. The Morgan fingerprint density at radius 2 is 1.88 bits per heavy atom. The third-order valence-corrected chi connectivity index (χ3v) is 6.27. The van der Waals surface area contributed by atoms with Crippen LogP contribution in [0.1, 0.15) is 19.4 Å². The molecule has 2 aromatic carbocycles. The number of methoxy groups -OCH3 is 1. The zero-order chi connectivity index (χ0) is 24.8. The number of hydrogen-bond donors (Lipinski definition) is 1. The van der Waals surface area contributed by atoms with E-state index in [1.54, 1.807) is 13.0 Å². The van der Waals surface area contributed by atoms with E-state index in [9.17, 15) is 22.4 Å². The predicted molar refractivity (Wildman–Crippen MR) is 125 cm³/mol. The van der Waals surface area contributed by atoms with Crippen molar-refractivity contribution in [3.05, 3.63) is 58.9 Å². The summed E-state index contributed by atoms with van der Waals surface area (Å²) in [6.07, 6.45) is 0.940. The molecular weight excluding hydrogens is 473 g/mol. The number of rotatable bonds is 10. The fourth-order valence-corrected chi connectivity index (χ4v) is 4.18. The molecule has 0 unspecified atom stereocenters. The third-order valence-electron chi connectivity index (χ3n) is 4.91. The number of hydrogen-bond acceptors (Lipinski definition) is 5. The number of halogens is 2. The molecule has 11 heteroatoms. The van der Waals surface area contributed by atoms with Crippen LogP contribution in [0.5, 0.6) is 5.75 Å². The van der Waals surface area contributed by atoms with Crippen molar-refractivity contribution in [1.29, 1.82) is 0 Å². The third kappa shape index (κ3) is 6.82. The second kappa shape index (κ2) is 11.3. The Morgan fingerprint density at radius 3 is 2.45 bits per heavy atom. The molecule has 2 aromatic rings. The molecule has 0 spiro atoms. The van der Waals surface area contributed by atoms with Crippen molar-refractivity contribution < 1.29 is 27.1 Å². The quantitative estimate of drug-likeness (QED) is 0.542. The number of nitrogens with one attached hydrogen (secondary N) is 1. The highest BCUT2D eigenvalue weighted by atomic mass is 35.5. The molecule has 180 valence electrons. The van der Waals surface area contributed by atoms with E-state index in [0.717, 1.165) is 15.5 Å². The van der Waals surface area contributed by atoms with Gasteiger partial charge in [-0.25, -0.2) is 12.8 Å². The van der Waals surface area contributed by atoms with Crippen molar-refractivity contribution in [3.63, 3.8) is 0 Å². The van der Waals surface area contributed by atoms with Crippen LogP contribution in [-0.2, 0) is 26.2 Å². The summed E-state index contributed by atoms with van der Waals surface area (Å²) in [5.74, 6) is -1.51. The molecule has 2 amide bonds. The fraction of sp³-hybridized carbons (Fsp3) is 0.364. The average Bonchev–Trinajstić information content (AvgIpc) is 2.75. The zero-order valence-corrected chi connectivity index (χ0v) is 20.4. The van der Waals surface area contributed by atoms with Gasteiger partial charge in [0.05, 0.1) is 19.1 Å². The first kappa shape index (κ1) is 26.4. The number of nitrogens with zero attached hydrogens (tertiary/aromatic N) is 2. The predicted octanol–water partition coefficient (Wildman–Crippen LogP) is 2.81. The highest BCUT2D eigenvalue weighted by molar-refractivity contribution is 7.92. The average molecular weight is 500 g/mol. The molecule has 0 saturated carbocycles. The molecule has 0 radical (unpaired) electrons. The van der Waals surface area contributed by atoms with Crippen LogP contribution in [0.2, 0.25) is 5.02 Å². The van der Waals surface area contributed by atoms with Crippen LogP contribution in [0.4, 0.5) is 10.1 Å². The summed E-state index contributed by atoms with van der Waals surface area (Å²) < 4.78 is 45.6. The van der Waals surface area contributed by atoms with E-state index in [2.05, 4.69) is 5.32 Å². The fourth-order valence-electron chi connectivity index (χ4n) is 3.17. The van der Waals surface area contributed by atoms with E-state index in [1.807, 2.05) is 0 Å². The smallest absolute Gasteiger partial charge is 0.244 e. The van der Waals surface area contributed by atoms with Crippen molar-refractivity contribution in [2.45, 2.75) is 26.4 Å². The second-order valence-corrected chi connectivity index (χ2v) is 9.61. The Bertz CT molecular complexity index is 1110. The van der Waals surface area contributed by atoms with E-state index < -0.39 is 40.2 Å².